The minimum Gasteiger partial charge on any atom is -0.463 e. The summed E-state index contributed by atoms with van der Waals surface area (Å²) in [6.07, 6.45) is 29.2. The first kappa shape index (κ1) is 110. The minimum atomic E-state index is -5.81. The van der Waals surface area contributed by atoms with Gasteiger partial charge in [0, 0.05) is 25.7 Å². The van der Waals surface area contributed by atoms with Gasteiger partial charge in [-0.3, -0.25) is 28.2 Å². The summed E-state index contributed by atoms with van der Waals surface area (Å²) in [5.74, 6) is -2.34. The number of hydrogen-bond donors (Lipinski definition) is 10. The Morgan fingerprint density at radius 2 is 0.681 bits per heavy atom. The van der Waals surface area contributed by atoms with E-state index in [1.807, 2.05) is 0 Å². The number of carbonyl (C=O) groups is 4. The summed E-state index contributed by atoms with van der Waals surface area (Å²) in [4.78, 5) is 66.6. The number of rotatable bonds is 78. The molecule has 26 heteroatoms. The lowest BCUT2D eigenvalue weighted by atomic mass is 9.84. The third kappa shape index (κ3) is 51.6. The number of aliphatic hydroxyl groups is 9. The van der Waals surface area contributed by atoms with Gasteiger partial charge in [0.25, 0.3) is 0 Å². The Labute approximate surface area is 718 Å². The number of carbonyl (C=O) groups excluding carboxylic acids is 4. The second-order valence-corrected chi connectivity index (χ2v) is 36.3. The molecule has 0 aromatic heterocycles. The van der Waals surface area contributed by atoms with Gasteiger partial charge in [0.05, 0.1) is 13.2 Å². The molecule has 0 amide bonds. The third-order valence-corrected chi connectivity index (χ3v) is 24.9. The number of ether oxygens (including phenoxy) is 8. The van der Waals surface area contributed by atoms with Crippen molar-refractivity contribution in [1.29, 1.82) is 0 Å². The van der Waals surface area contributed by atoms with Crippen molar-refractivity contribution in [2.75, 3.05) is 26.4 Å². The molecule has 0 spiro atoms. The van der Waals surface area contributed by atoms with E-state index >= 15 is 0 Å². The SMILES string of the molecule is CCCCCCCC/C=C\CCCCCC(=O)OCC(COP(=O)(O)OC1C(OC2OC(CO)C(O)C(O)C2O)C(O)C(O)C(OC(=O)CCCCCCCCC(C)CCCCCCCC)C1OC1OC(COC(=O)CCCCCCCCCCCCCCCCCC)C(O)C(O)C1O)OC(=O)CCCCCCCCCCCCCCCCC. The van der Waals surface area contributed by atoms with Crippen LogP contribution in [0.25, 0.3) is 0 Å². The molecule has 25 nitrogen and oxygen atoms in total. The molecule has 700 valence electrons. The lowest BCUT2D eigenvalue weighted by Crippen LogP contribution is -2.70. The topological polar surface area (TPSA) is 380 Å². The lowest BCUT2D eigenvalue weighted by molar-refractivity contribution is -0.360. The van der Waals surface area contributed by atoms with E-state index in [0.717, 1.165) is 128 Å². The van der Waals surface area contributed by atoms with Crippen LogP contribution in [0, 0.1) is 5.92 Å². The maximum atomic E-state index is 14.9. The van der Waals surface area contributed by atoms with Gasteiger partial charge in [-0.05, 0) is 57.3 Å². The molecule has 119 heavy (non-hydrogen) atoms. The van der Waals surface area contributed by atoms with E-state index in [1.165, 1.54) is 199 Å². The second kappa shape index (κ2) is 71.3. The van der Waals surface area contributed by atoms with Crippen LogP contribution in [-0.4, -0.2) is 205 Å². The molecule has 3 aliphatic rings. The standard InChI is InChI=1S/C93H173O25P/c1-6-10-14-18-22-25-28-31-33-35-37-40-43-46-53-59-65-77(96)110-71-75-81(100)83(102)87(106)93(114-75)117-90-88(115-79(98)67-61-55-49-48-51-57-63-72(5)62-56-50-21-17-13-9-4)84(103)85(104)89(116-92-86(105)82(101)80(99)74(68-94)113-92)91(90)118-119(107,108)111-70-73(69-109-76(95)64-58-52-45-42-39-36-30-27-24-20-16-12-8-3)112-78(97)66-60-54-47-44-41-38-34-32-29-26-23-19-15-11-7-2/h36,39,72-75,80-94,99-106H,6-35,37-38,40-71H2,1-5H3,(H,107,108)/b39-36-. The van der Waals surface area contributed by atoms with E-state index in [4.69, 9.17) is 46.9 Å². The maximum absolute atomic E-state index is 14.9. The zero-order valence-electron chi connectivity index (χ0n) is 74.8. The van der Waals surface area contributed by atoms with Crippen molar-refractivity contribution in [2.24, 2.45) is 5.92 Å². The molecule has 1 saturated carbocycles. The number of phosphoric acid groups is 1. The molecule has 2 heterocycles. The highest BCUT2D eigenvalue weighted by Crippen LogP contribution is 2.49. The molecule has 0 bridgehead atoms. The smallest absolute Gasteiger partial charge is 0.463 e. The van der Waals surface area contributed by atoms with Gasteiger partial charge in [-0.1, -0.05) is 355 Å². The average molecular weight is 1720 g/mol. The van der Waals surface area contributed by atoms with Crippen LogP contribution in [0.2, 0.25) is 0 Å². The normalized spacial score (nSPS) is 25.1. The van der Waals surface area contributed by atoms with Crippen molar-refractivity contribution in [3.05, 3.63) is 12.2 Å². The lowest BCUT2D eigenvalue weighted by Gasteiger charge is -2.50. The van der Waals surface area contributed by atoms with Crippen LogP contribution in [-0.2, 0) is 70.7 Å². The molecule has 0 radical (unpaired) electrons. The van der Waals surface area contributed by atoms with Gasteiger partial charge in [-0.25, -0.2) is 4.57 Å². The summed E-state index contributed by atoms with van der Waals surface area (Å²) in [6.45, 7) is 7.91. The number of phosphoric ester groups is 1. The highest BCUT2D eigenvalue weighted by atomic mass is 31.2. The Balaban J connectivity index is 1.92. The molecule has 3 fully saturated rings. The zero-order chi connectivity index (χ0) is 86.9. The molecule has 2 aliphatic heterocycles. The molecule has 0 aromatic rings. The fraction of sp³-hybridized carbons (Fsp3) is 0.935. The van der Waals surface area contributed by atoms with Crippen molar-refractivity contribution < 1.29 is 122 Å². The van der Waals surface area contributed by atoms with Crippen LogP contribution in [0.15, 0.2) is 12.2 Å². The predicted octanol–water partition coefficient (Wildman–Crippen LogP) is 18.2. The Morgan fingerprint density at radius 3 is 1.09 bits per heavy atom. The fourth-order valence-electron chi connectivity index (χ4n) is 16.1. The van der Waals surface area contributed by atoms with Gasteiger partial charge >= 0.3 is 31.7 Å². The summed E-state index contributed by atoms with van der Waals surface area (Å²) in [6, 6.07) is 0. The number of unbranched alkanes of at least 4 members (excludes halogenated alkanes) is 48. The van der Waals surface area contributed by atoms with E-state index in [-0.39, 0.29) is 25.7 Å². The molecule has 2 saturated heterocycles. The van der Waals surface area contributed by atoms with Gasteiger partial charge in [0.15, 0.2) is 24.8 Å². The van der Waals surface area contributed by atoms with E-state index in [9.17, 15) is 74.6 Å². The van der Waals surface area contributed by atoms with Crippen LogP contribution < -0.4 is 0 Å². The molecular weight excluding hydrogens is 1550 g/mol. The van der Waals surface area contributed by atoms with E-state index in [2.05, 4.69) is 46.8 Å². The van der Waals surface area contributed by atoms with Crippen molar-refractivity contribution in [3.63, 3.8) is 0 Å². The summed E-state index contributed by atoms with van der Waals surface area (Å²) in [5.41, 5.74) is 0. The predicted molar refractivity (Wildman–Crippen MR) is 463 cm³/mol. The Kier molecular flexibility index (Phi) is 66.1. The first-order valence-corrected chi connectivity index (χ1v) is 49.8. The monoisotopic (exact) mass is 1720 g/mol. The molecule has 3 rings (SSSR count). The van der Waals surface area contributed by atoms with Crippen molar-refractivity contribution in [1.82, 2.24) is 0 Å². The number of esters is 4. The van der Waals surface area contributed by atoms with Crippen LogP contribution >= 0.6 is 7.82 Å². The van der Waals surface area contributed by atoms with Crippen LogP contribution in [0.5, 0.6) is 0 Å². The number of allylic oxidation sites excluding steroid dienone is 2. The van der Waals surface area contributed by atoms with Gasteiger partial charge in [0.1, 0.15) is 92.6 Å². The third-order valence-electron chi connectivity index (χ3n) is 23.9. The summed E-state index contributed by atoms with van der Waals surface area (Å²) < 4.78 is 73.5. The summed E-state index contributed by atoms with van der Waals surface area (Å²) in [7, 11) is -5.81. The molecular formula is C93H173O25P. The Morgan fingerprint density at radius 1 is 0.353 bits per heavy atom. The van der Waals surface area contributed by atoms with Crippen LogP contribution in [0.1, 0.15) is 420 Å². The molecule has 0 aromatic carbocycles. The van der Waals surface area contributed by atoms with Crippen molar-refractivity contribution >= 4 is 31.7 Å². The Hall–Kier alpha value is -2.79. The Bertz CT molecular complexity index is 2530. The number of hydrogen-bond acceptors (Lipinski definition) is 24. The molecule has 10 N–H and O–H groups in total. The molecule has 19 unspecified atom stereocenters. The minimum absolute atomic E-state index is 0.0162. The van der Waals surface area contributed by atoms with Gasteiger partial charge in [-0.2, -0.15) is 0 Å². The summed E-state index contributed by atoms with van der Waals surface area (Å²) >= 11 is 0. The van der Waals surface area contributed by atoms with Gasteiger partial charge < -0.3 is 88.7 Å². The molecule has 19 atom stereocenters. The van der Waals surface area contributed by atoms with Crippen LogP contribution in [0.3, 0.4) is 0 Å². The van der Waals surface area contributed by atoms with E-state index in [1.54, 1.807) is 0 Å². The second-order valence-electron chi connectivity index (χ2n) is 34.9. The largest absolute Gasteiger partial charge is 0.472 e. The quantitative estimate of drug-likeness (QED) is 0.00889. The van der Waals surface area contributed by atoms with E-state index < -0.39 is 162 Å². The first-order chi connectivity index (χ1) is 57.6. The average Bonchev–Trinajstić information content (AvgIpc) is 0.754. The maximum Gasteiger partial charge on any atom is 0.472 e. The summed E-state index contributed by atoms with van der Waals surface area (Å²) in [5, 5.41) is 102. The molecule has 1 aliphatic carbocycles. The van der Waals surface area contributed by atoms with Gasteiger partial charge in [-0.15, -0.1) is 0 Å². The highest BCUT2D eigenvalue weighted by molar-refractivity contribution is 7.47. The first-order valence-electron chi connectivity index (χ1n) is 48.3. The highest BCUT2D eigenvalue weighted by Gasteiger charge is 2.60. The zero-order valence-corrected chi connectivity index (χ0v) is 75.7. The van der Waals surface area contributed by atoms with Crippen molar-refractivity contribution in [3.8, 4) is 0 Å². The van der Waals surface area contributed by atoms with Gasteiger partial charge in [0.2, 0.25) is 0 Å². The fourth-order valence-corrected chi connectivity index (χ4v) is 17.1. The van der Waals surface area contributed by atoms with Crippen LogP contribution in [0.4, 0.5) is 0 Å². The van der Waals surface area contributed by atoms with Crippen molar-refractivity contribution in [2.45, 2.75) is 524 Å². The van der Waals surface area contributed by atoms with E-state index in [0.29, 0.717) is 38.0 Å². The number of aliphatic hydroxyl groups excluding tert-OH is 9.